The highest BCUT2D eigenvalue weighted by molar-refractivity contribution is 7.88. The molecule has 0 bridgehead atoms. The standard InChI is InChI=1S/C11H13ClOS/c1-10(2)8-11(10,12)14(13)9-6-4-3-5-7-9/h3-7H,8H2,1-2H3/t11-,14-/m1/s1. The number of alkyl halides is 1. The Morgan fingerprint density at radius 1 is 1.29 bits per heavy atom. The predicted molar refractivity (Wildman–Crippen MR) is 59.8 cm³/mol. The van der Waals surface area contributed by atoms with Crippen molar-refractivity contribution in [2.45, 2.75) is 29.4 Å². The zero-order valence-electron chi connectivity index (χ0n) is 8.29. The average molecular weight is 229 g/mol. The van der Waals surface area contributed by atoms with Gasteiger partial charge in [0, 0.05) is 4.90 Å². The lowest BCUT2D eigenvalue weighted by atomic mass is 10.2. The van der Waals surface area contributed by atoms with Crippen molar-refractivity contribution in [3.63, 3.8) is 0 Å². The van der Waals surface area contributed by atoms with Crippen LogP contribution in [0.5, 0.6) is 0 Å². The minimum atomic E-state index is -1.09. The molecule has 0 spiro atoms. The molecule has 1 nitrogen and oxygen atoms in total. The molecule has 0 amide bonds. The van der Waals surface area contributed by atoms with Crippen molar-refractivity contribution in [3.8, 4) is 0 Å². The van der Waals surface area contributed by atoms with Crippen molar-refractivity contribution in [2.24, 2.45) is 5.41 Å². The molecule has 2 atom stereocenters. The van der Waals surface area contributed by atoms with Gasteiger partial charge in [0.25, 0.3) is 0 Å². The molecule has 0 aliphatic heterocycles. The monoisotopic (exact) mass is 228 g/mol. The van der Waals surface area contributed by atoms with Crippen LogP contribution in [0.1, 0.15) is 20.3 Å². The first kappa shape index (κ1) is 10.2. The summed E-state index contributed by atoms with van der Waals surface area (Å²) in [6, 6.07) is 9.44. The van der Waals surface area contributed by atoms with Gasteiger partial charge in [-0.15, -0.1) is 11.6 Å². The molecule has 1 fully saturated rings. The molecule has 1 aliphatic carbocycles. The van der Waals surface area contributed by atoms with Crippen LogP contribution >= 0.6 is 11.6 Å². The quantitative estimate of drug-likeness (QED) is 0.711. The molecule has 14 heavy (non-hydrogen) atoms. The van der Waals surface area contributed by atoms with Gasteiger partial charge in [0.05, 0.1) is 10.8 Å². The highest BCUT2D eigenvalue weighted by Gasteiger charge is 2.64. The zero-order chi connectivity index (χ0) is 10.4. The maximum atomic E-state index is 12.1. The summed E-state index contributed by atoms with van der Waals surface area (Å²) in [6.07, 6.45) is 0.822. The summed E-state index contributed by atoms with van der Waals surface area (Å²) >= 11 is 6.32. The van der Waals surface area contributed by atoms with Crippen molar-refractivity contribution in [1.29, 1.82) is 0 Å². The Morgan fingerprint density at radius 2 is 1.79 bits per heavy atom. The fraction of sp³-hybridized carbons (Fsp3) is 0.455. The topological polar surface area (TPSA) is 17.1 Å². The predicted octanol–water partition coefficient (Wildman–Crippen LogP) is 3.16. The summed E-state index contributed by atoms with van der Waals surface area (Å²) in [5.74, 6) is 0. The molecule has 2 rings (SSSR count). The van der Waals surface area contributed by atoms with Gasteiger partial charge in [-0.1, -0.05) is 32.0 Å². The van der Waals surface area contributed by atoms with E-state index in [1.165, 1.54) is 0 Å². The number of halogens is 1. The third-order valence-corrected chi connectivity index (χ3v) is 5.86. The van der Waals surface area contributed by atoms with Crippen LogP contribution in [0.2, 0.25) is 0 Å². The van der Waals surface area contributed by atoms with Crippen molar-refractivity contribution >= 4 is 22.4 Å². The van der Waals surface area contributed by atoms with Crippen LogP contribution in [0.25, 0.3) is 0 Å². The van der Waals surface area contributed by atoms with E-state index in [1.807, 2.05) is 30.3 Å². The molecular formula is C11H13ClOS. The Morgan fingerprint density at radius 3 is 2.21 bits per heavy atom. The SMILES string of the molecule is CC1(C)C[C@@]1(Cl)[S@](=O)c1ccccc1. The van der Waals surface area contributed by atoms with E-state index in [4.69, 9.17) is 11.6 Å². The Labute approximate surface area is 91.9 Å². The number of rotatable bonds is 2. The molecule has 0 N–H and O–H groups in total. The average Bonchev–Trinajstić information content (AvgIpc) is 2.68. The molecule has 0 radical (unpaired) electrons. The van der Waals surface area contributed by atoms with Gasteiger partial charge in [-0.05, 0) is 24.0 Å². The fourth-order valence-electron chi connectivity index (χ4n) is 1.57. The van der Waals surface area contributed by atoms with Crippen LogP contribution < -0.4 is 0 Å². The molecule has 76 valence electrons. The second-order valence-corrected chi connectivity index (χ2v) is 6.95. The number of benzene rings is 1. The molecule has 1 aromatic carbocycles. The zero-order valence-corrected chi connectivity index (χ0v) is 9.86. The van der Waals surface area contributed by atoms with E-state index in [0.717, 1.165) is 11.3 Å². The van der Waals surface area contributed by atoms with Crippen LogP contribution in [0, 0.1) is 5.41 Å². The minimum absolute atomic E-state index is 0.00470. The van der Waals surface area contributed by atoms with Crippen molar-refractivity contribution in [2.75, 3.05) is 0 Å². The second kappa shape index (κ2) is 3.07. The van der Waals surface area contributed by atoms with E-state index in [-0.39, 0.29) is 5.41 Å². The Bertz CT molecular complexity index is 374. The lowest BCUT2D eigenvalue weighted by Gasteiger charge is -2.11. The number of hydrogen-bond acceptors (Lipinski definition) is 1. The van der Waals surface area contributed by atoms with Crippen LogP contribution in [0.15, 0.2) is 35.2 Å². The van der Waals surface area contributed by atoms with Crippen LogP contribution in [0.3, 0.4) is 0 Å². The molecule has 0 saturated heterocycles. The Hall–Kier alpha value is -0.340. The van der Waals surface area contributed by atoms with Crippen molar-refractivity contribution in [1.82, 2.24) is 0 Å². The van der Waals surface area contributed by atoms with Crippen LogP contribution in [-0.2, 0) is 10.8 Å². The van der Waals surface area contributed by atoms with Gasteiger partial charge < -0.3 is 0 Å². The largest absolute Gasteiger partial charge is 0.252 e. The molecular weight excluding hydrogens is 216 g/mol. The summed E-state index contributed by atoms with van der Waals surface area (Å²) in [4.78, 5) is 0.827. The highest BCUT2D eigenvalue weighted by Crippen LogP contribution is 2.63. The normalized spacial score (nSPS) is 31.1. The maximum Gasteiger partial charge on any atom is 0.130 e. The lowest BCUT2D eigenvalue weighted by molar-refractivity contribution is 0.625. The third kappa shape index (κ3) is 1.41. The van der Waals surface area contributed by atoms with Crippen LogP contribution in [0.4, 0.5) is 0 Å². The molecule has 0 aromatic heterocycles. The smallest absolute Gasteiger partial charge is 0.130 e. The van der Waals surface area contributed by atoms with E-state index in [0.29, 0.717) is 0 Å². The first-order chi connectivity index (χ1) is 6.47. The lowest BCUT2D eigenvalue weighted by Crippen LogP contribution is -2.15. The van der Waals surface area contributed by atoms with E-state index in [9.17, 15) is 4.21 Å². The third-order valence-electron chi connectivity index (χ3n) is 2.81. The van der Waals surface area contributed by atoms with Gasteiger partial charge in [0.2, 0.25) is 0 Å². The summed E-state index contributed by atoms with van der Waals surface area (Å²) in [7, 11) is -1.09. The summed E-state index contributed by atoms with van der Waals surface area (Å²) in [6.45, 7) is 4.11. The van der Waals surface area contributed by atoms with Gasteiger partial charge in [-0.25, -0.2) is 0 Å². The summed E-state index contributed by atoms with van der Waals surface area (Å²) < 4.78 is 11.6. The van der Waals surface area contributed by atoms with Gasteiger partial charge in [0.1, 0.15) is 4.21 Å². The first-order valence-corrected chi connectivity index (χ1v) is 6.16. The summed E-state index contributed by atoms with van der Waals surface area (Å²) in [5, 5.41) is 0. The number of hydrogen-bond donors (Lipinski definition) is 0. The highest BCUT2D eigenvalue weighted by atomic mass is 35.5. The van der Waals surface area contributed by atoms with Gasteiger partial charge in [-0.2, -0.15) is 0 Å². The van der Waals surface area contributed by atoms with Gasteiger partial charge in [0.15, 0.2) is 0 Å². The van der Waals surface area contributed by atoms with Crippen molar-refractivity contribution < 1.29 is 4.21 Å². The van der Waals surface area contributed by atoms with E-state index in [1.54, 1.807) is 0 Å². The molecule has 0 unspecified atom stereocenters. The molecule has 1 aliphatic rings. The first-order valence-electron chi connectivity index (χ1n) is 4.63. The summed E-state index contributed by atoms with van der Waals surface area (Å²) in [5.41, 5.74) is -0.00470. The van der Waals surface area contributed by atoms with Crippen molar-refractivity contribution in [3.05, 3.63) is 30.3 Å². The van der Waals surface area contributed by atoms with Gasteiger partial charge in [-0.3, -0.25) is 4.21 Å². The van der Waals surface area contributed by atoms with E-state index < -0.39 is 15.0 Å². The molecule has 3 heteroatoms. The fourth-order valence-corrected chi connectivity index (χ4v) is 3.94. The van der Waals surface area contributed by atoms with E-state index >= 15 is 0 Å². The van der Waals surface area contributed by atoms with Gasteiger partial charge >= 0.3 is 0 Å². The molecule has 1 aromatic rings. The molecule has 1 saturated carbocycles. The molecule has 0 heterocycles. The van der Waals surface area contributed by atoms with E-state index in [2.05, 4.69) is 13.8 Å². The minimum Gasteiger partial charge on any atom is -0.252 e. The second-order valence-electron chi connectivity index (χ2n) is 4.37. The Balaban J connectivity index is 2.28. The Kier molecular flexibility index (Phi) is 2.24. The maximum absolute atomic E-state index is 12.1. The van der Waals surface area contributed by atoms with Crippen LogP contribution in [-0.4, -0.2) is 8.42 Å².